The molecule has 6 heteroatoms. The van der Waals surface area contributed by atoms with Gasteiger partial charge in [-0.15, -0.1) is 0 Å². The van der Waals surface area contributed by atoms with E-state index in [-0.39, 0.29) is 21.9 Å². The minimum atomic E-state index is -0.592. The number of anilines is 1. The number of phenols is 1. The number of benzene rings is 3. The fraction of sp³-hybridized carbons (Fsp3) is 0. The summed E-state index contributed by atoms with van der Waals surface area (Å²) in [6.45, 7) is 0. The van der Waals surface area contributed by atoms with Crippen LogP contribution in [0.5, 0.6) is 5.75 Å². The van der Waals surface area contributed by atoms with Crippen molar-refractivity contribution in [2.45, 2.75) is 0 Å². The average molecular weight is 360 g/mol. The van der Waals surface area contributed by atoms with Gasteiger partial charge in [0.1, 0.15) is 5.75 Å². The Balaban J connectivity index is 2.08. The Morgan fingerprint density at radius 2 is 1.83 bits per heavy atom. The SMILES string of the molecule is O=Cc1c(O)c(C(=O)Nc2cccc(Cl)c2Cl)cc2ccccc12. The first kappa shape index (κ1) is 16.3. The van der Waals surface area contributed by atoms with Crippen LogP contribution in [-0.2, 0) is 0 Å². The zero-order valence-corrected chi connectivity index (χ0v) is 13.7. The van der Waals surface area contributed by atoms with E-state index in [4.69, 9.17) is 23.2 Å². The second-order valence-electron chi connectivity index (χ2n) is 5.08. The molecular formula is C18H11Cl2NO3. The van der Waals surface area contributed by atoms with Crippen LogP contribution in [-0.4, -0.2) is 17.3 Å². The van der Waals surface area contributed by atoms with Crippen LogP contribution in [0.15, 0.2) is 48.5 Å². The highest BCUT2D eigenvalue weighted by Crippen LogP contribution is 2.33. The summed E-state index contributed by atoms with van der Waals surface area (Å²) in [6.07, 6.45) is 0.529. The zero-order valence-electron chi connectivity index (χ0n) is 12.2. The number of carbonyl (C=O) groups excluding carboxylic acids is 2. The molecule has 0 aliphatic heterocycles. The Labute approximate surface area is 147 Å². The molecule has 0 radical (unpaired) electrons. The number of hydrogen-bond acceptors (Lipinski definition) is 3. The van der Waals surface area contributed by atoms with Crippen LogP contribution in [0, 0.1) is 0 Å². The summed E-state index contributed by atoms with van der Waals surface area (Å²) < 4.78 is 0. The summed E-state index contributed by atoms with van der Waals surface area (Å²) in [5.74, 6) is -0.968. The minimum Gasteiger partial charge on any atom is -0.506 e. The highest BCUT2D eigenvalue weighted by atomic mass is 35.5. The van der Waals surface area contributed by atoms with Crippen molar-refractivity contribution in [2.24, 2.45) is 0 Å². The monoisotopic (exact) mass is 359 g/mol. The van der Waals surface area contributed by atoms with E-state index in [2.05, 4.69) is 5.32 Å². The molecule has 24 heavy (non-hydrogen) atoms. The molecule has 1 amide bonds. The van der Waals surface area contributed by atoms with Gasteiger partial charge in [-0.05, 0) is 29.0 Å². The molecule has 2 N–H and O–H groups in total. The van der Waals surface area contributed by atoms with E-state index >= 15 is 0 Å². The maximum Gasteiger partial charge on any atom is 0.259 e. The van der Waals surface area contributed by atoms with E-state index in [0.717, 1.165) is 0 Å². The van der Waals surface area contributed by atoms with E-state index < -0.39 is 5.91 Å². The molecule has 0 bridgehead atoms. The molecular weight excluding hydrogens is 349 g/mol. The standard InChI is InChI=1S/C18H11Cl2NO3/c19-14-6-3-7-15(16(14)20)21-18(24)12-8-10-4-1-2-5-11(10)13(9-22)17(12)23/h1-9,23H,(H,21,24). The normalized spacial score (nSPS) is 10.6. The van der Waals surface area contributed by atoms with E-state index in [9.17, 15) is 14.7 Å². The van der Waals surface area contributed by atoms with Crippen LogP contribution in [0.4, 0.5) is 5.69 Å². The quantitative estimate of drug-likeness (QED) is 0.652. The number of aldehydes is 1. The van der Waals surface area contributed by atoms with E-state index in [1.165, 1.54) is 6.07 Å². The van der Waals surface area contributed by atoms with Gasteiger partial charge < -0.3 is 10.4 Å². The molecule has 0 aliphatic rings. The predicted molar refractivity (Wildman–Crippen MR) is 95.4 cm³/mol. The molecule has 4 nitrogen and oxygen atoms in total. The maximum atomic E-state index is 12.5. The molecule has 0 fully saturated rings. The third-order valence-corrected chi connectivity index (χ3v) is 4.44. The van der Waals surface area contributed by atoms with Crippen molar-refractivity contribution in [1.82, 2.24) is 0 Å². The Kier molecular flexibility index (Phi) is 4.42. The van der Waals surface area contributed by atoms with Crippen LogP contribution in [0.2, 0.25) is 10.0 Å². The summed E-state index contributed by atoms with van der Waals surface area (Å²) in [4.78, 5) is 23.9. The van der Waals surface area contributed by atoms with Gasteiger partial charge in [0, 0.05) is 0 Å². The van der Waals surface area contributed by atoms with E-state index in [1.54, 1.807) is 42.5 Å². The van der Waals surface area contributed by atoms with Crippen LogP contribution in [0.3, 0.4) is 0 Å². The number of carbonyl (C=O) groups is 2. The van der Waals surface area contributed by atoms with Gasteiger partial charge >= 0.3 is 0 Å². The molecule has 3 aromatic rings. The van der Waals surface area contributed by atoms with Crippen LogP contribution < -0.4 is 5.32 Å². The number of amides is 1. The molecule has 0 saturated heterocycles. The molecule has 0 atom stereocenters. The van der Waals surface area contributed by atoms with Crippen molar-refractivity contribution in [3.05, 3.63) is 69.7 Å². The van der Waals surface area contributed by atoms with Crippen LogP contribution in [0.1, 0.15) is 20.7 Å². The lowest BCUT2D eigenvalue weighted by atomic mass is 9.99. The predicted octanol–water partition coefficient (Wildman–Crippen LogP) is 4.92. The molecule has 0 spiro atoms. The minimum absolute atomic E-state index is 0.0214. The first-order valence-corrected chi connectivity index (χ1v) is 7.73. The molecule has 120 valence electrons. The fourth-order valence-electron chi connectivity index (χ4n) is 2.45. The number of nitrogens with one attached hydrogen (secondary N) is 1. The highest BCUT2D eigenvalue weighted by Gasteiger charge is 2.19. The third-order valence-electron chi connectivity index (χ3n) is 3.62. The Morgan fingerprint density at radius 3 is 2.58 bits per heavy atom. The van der Waals surface area contributed by atoms with Crippen LogP contribution in [0.25, 0.3) is 10.8 Å². The number of hydrogen-bond donors (Lipinski definition) is 2. The summed E-state index contributed by atoms with van der Waals surface area (Å²) in [5.41, 5.74) is 0.358. The summed E-state index contributed by atoms with van der Waals surface area (Å²) >= 11 is 12.0. The molecule has 0 unspecified atom stereocenters. The first-order valence-electron chi connectivity index (χ1n) is 6.98. The largest absolute Gasteiger partial charge is 0.506 e. The van der Waals surface area contributed by atoms with Gasteiger partial charge in [0.25, 0.3) is 5.91 Å². The lowest BCUT2D eigenvalue weighted by Crippen LogP contribution is -2.13. The van der Waals surface area contributed by atoms with Crippen molar-refractivity contribution < 1.29 is 14.7 Å². The summed E-state index contributed by atoms with van der Waals surface area (Å²) in [7, 11) is 0. The second kappa shape index (κ2) is 6.51. The molecule has 0 aromatic heterocycles. The van der Waals surface area contributed by atoms with Gasteiger partial charge in [0.05, 0.1) is 26.9 Å². The topological polar surface area (TPSA) is 66.4 Å². The fourth-order valence-corrected chi connectivity index (χ4v) is 2.79. The lowest BCUT2D eigenvalue weighted by Gasteiger charge is -2.12. The summed E-state index contributed by atoms with van der Waals surface area (Å²) in [6, 6.07) is 13.3. The van der Waals surface area contributed by atoms with Gasteiger partial charge in [-0.3, -0.25) is 9.59 Å². The number of halogens is 2. The number of phenolic OH excluding ortho intramolecular Hbond substituents is 1. The van der Waals surface area contributed by atoms with Crippen molar-refractivity contribution in [3.63, 3.8) is 0 Å². The van der Waals surface area contributed by atoms with Crippen LogP contribution >= 0.6 is 23.2 Å². The molecule has 0 heterocycles. The number of rotatable bonds is 3. The van der Waals surface area contributed by atoms with Gasteiger partial charge in [0.2, 0.25) is 0 Å². The Hall–Kier alpha value is -2.56. The number of fused-ring (bicyclic) bond motifs is 1. The molecule has 0 aliphatic carbocycles. The van der Waals surface area contributed by atoms with E-state index in [0.29, 0.717) is 27.8 Å². The maximum absolute atomic E-state index is 12.5. The van der Waals surface area contributed by atoms with Crippen molar-refractivity contribution in [2.75, 3.05) is 5.32 Å². The average Bonchev–Trinajstić information content (AvgIpc) is 2.58. The van der Waals surface area contributed by atoms with Crippen molar-refractivity contribution >= 4 is 51.9 Å². The first-order chi connectivity index (χ1) is 11.5. The third kappa shape index (κ3) is 2.82. The highest BCUT2D eigenvalue weighted by molar-refractivity contribution is 6.44. The Bertz CT molecular complexity index is 970. The molecule has 0 saturated carbocycles. The molecule has 3 rings (SSSR count). The van der Waals surface area contributed by atoms with Crippen molar-refractivity contribution in [3.8, 4) is 5.75 Å². The smallest absolute Gasteiger partial charge is 0.259 e. The van der Waals surface area contributed by atoms with E-state index in [1.807, 2.05) is 0 Å². The van der Waals surface area contributed by atoms with Gasteiger partial charge in [0.15, 0.2) is 6.29 Å². The zero-order chi connectivity index (χ0) is 17.3. The molecule has 3 aromatic carbocycles. The lowest BCUT2D eigenvalue weighted by molar-refractivity contribution is 0.102. The van der Waals surface area contributed by atoms with Gasteiger partial charge in [-0.25, -0.2) is 0 Å². The Morgan fingerprint density at radius 1 is 1.08 bits per heavy atom. The second-order valence-corrected chi connectivity index (χ2v) is 5.87. The summed E-state index contributed by atoms with van der Waals surface area (Å²) in [5, 5.41) is 14.6. The van der Waals surface area contributed by atoms with Gasteiger partial charge in [-0.2, -0.15) is 0 Å². The van der Waals surface area contributed by atoms with Gasteiger partial charge in [-0.1, -0.05) is 53.5 Å². The number of aromatic hydroxyl groups is 1. The van der Waals surface area contributed by atoms with Crippen molar-refractivity contribution in [1.29, 1.82) is 0 Å².